The Bertz CT molecular complexity index is 966. The van der Waals surface area contributed by atoms with Gasteiger partial charge in [-0.05, 0) is 11.1 Å². The van der Waals surface area contributed by atoms with Crippen molar-refractivity contribution in [1.82, 2.24) is 15.2 Å². The molecule has 1 unspecified atom stereocenters. The van der Waals surface area contributed by atoms with Crippen LogP contribution in [0.1, 0.15) is 5.69 Å². The molecule has 2 aliphatic heterocycles. The van der Waals surface area contributed by atoms with Crippen LogP contribution in [0.4, 0.5) is 5.13 Å². The number of nitrogens with one attached hydrogen (secondary N) is 1. The molecule has 146 valence electrons. The molecule has 0 spiro atoms. The predicted molar refractivity (Wildman–Crippen MR) is 98.5 cm³/mol. The first-order valence-corrected chi connectivity index (χ1v) is 9.47. The summed E-state index contributed by atoms with van der Waals surface area (Å²) in [6, 6.07) is -1.01. The number of rotatable bonds is 6. The number of azide groups is 1. The van der Waals surface area contributed by atoms with Crippen LogP contribution in [-0.2, 0) is 14.4 Å². The quantitative estimate of drug-likeness (QED) is 0.0923. The molecule has 5 N–H and O–H groups in total. The molecule has 1 aromatic rings. The molecule has 2 atom stereocenters. The molecule has 28 heavy (non-hydrogen) atoms. The van der Waals surface area contributed by atoms with Gasteiger partial charge in [-0.2, -0.15) is 0 Å². The molecule has 0 bridgehead atoms. The fourth-order valence-electron chi connectivity index (χ4n) is 2.74. The molecule has 2 aliphatic rings. The van der Waals surface area contributed by atoms with Gasteiger partial charge in [0.25, 0.3) is 11.8 Å². The number of thioether (sulfide) groups is 1. The van der Waals surface area contributed by atoms with Crippen LogP contribution in [0.25, 0.3) is 10.4 Å². The zero-order valence-electron chi connectivity index (χ0n) is 13.8. The molecule has 1 fully saturated rings. The lowest BCUT2D eigenvalue weighted by Crippen LogP contribution is -2.71. The van der Waals surface area contributed by atoms with E-state index in [4.69, 9.17) is 16.5 Å². The molecule has 13 nitrogen and oxygen atoms in total. The van der Waals surface area contributed by atoms with E-state index >= 15 is 0 Å². The average molecular weight is 424 g/mol. The van der Waals surface area contributed by atoms with E-state index in [9.17, 15) is 19.5 Å². The maximum Gasteiger partial charge on any atom is 0.352 e. The predicted octanol–water partition coefficient (Wildman–Crippen LogP) is -0.0475. The second-order valence-electron chi connectivity index (χ2n) is 5.53. The Morgan fingerprint density at radius 3 is 2.86 bits per heavy atom. The number of hydrogen-bond acceptors (Lipinski definition) is 10. The lowest BCUT2D eigenvalue weighted by Gasteiger charge is -2.49. The molecule has 0 aliphatic carbocycles. The number of amides is 2. The molecule has 1 saturated heterocycles. The van der Waals surface area contributed by atoms with Crippen molar-refractivity contribution in [3.05, 3.63) is 32.8 Å². The third kappa shape index (κ3) is 3.33. The first-order chi connectivity index (χ1) is 13.4. The summed E-state index contributed by atoms with van der Waals surface area (Å²) in [5, 5.41) is 28.2. The van der Waals surface area contributed by atoms with E-state index in [1.165, 1.54) is 17.1 Å². The monoisotopic (exact) mass is 424 g/mol. The van der Waals surface area contributed by atoms with Gasteiger partial charge in [0.05, 0.1) is 6.54 Å². The number of nitrogens with two attached hydrogens (primary N) is 1. The number of nitrogen functional groups attached to an aromatic ring is 1. The Morgan fingerprint density at radius 1 is 1.54 bits per heavy atom. The number of thiazole rings is 1. The maximum atomic E-state index is 12.5. The molecule has 0 saturated carbocycles. The lowest BCUT2D eigenvalue weighted by atomic mass is 10.0. The van der Waals surface area contributed by atoms with Gasteiger partial charge in [-0.15, -0.1) is 23.1 Å². The fraction of sp³-hybridized carbons (Fsp3) is 0.308. The van der Waals surface area contributed by atoms with Gasteiger partial charge in [0, 0.05) is 16.0 Å². The third-order valence-corrected chi connectivity index (χ3v) is 5.95. The van der Waals surface area contributed by atoms with Crippen molar-refractivity contribution in [2.24, 2.45) is 10.3 Å². The zero-order valence-corrected chi connectivity index (χ0v) is 15.5. The van der Waals surface area contributed by atoms with Gasteiger partial charge < -0.3 is 21.4 Å². The molecule has 3 rings (SSSR count). The second kappa shape index (κ2) is 7.75. The summed E-state index contributed by atoms with van der Waals surface area (Å²) in [4.78, 5) is 43.9. The maximum absolute atomic E-state index is 12.5. The summed E-state index contributed by atoms with van der Waals surface area (Å²) in [7, 11) is 0. The zero-order chi connectivity index (χ0) is 20.4. The molecule has 15 heteroatoms. The smallest absolute Gasteiger partial charge is 0.352 e. The van der Waals surface area contributed by atoms with E-state index in [-0.39, 0.29) is 28.8 Å². The van der Waals surface area contributed by atoms with Crippen LogP contribution in [0.5, 0.6) is 0 Å². The van der Waals surface area contributed by atoms with Crippen LogP contribution in [0.3, 0.4) is 0 Å². The Kier molecular flexibility index (Phi) is 5.39. The number of carboxylic acids is 1. The Labute approximate surface area is 164 Å². The van der Waals surface area contributed by atoms with E-state index in [1.807, 2.05) is 0 Å². The third-order valence-electron chi connectivity index (χ3n) is 3.94. The van der Waals surface area contributed by atoms with Gasteiger partial charge >= 0.3 is 5.97 Å². The standard InChI is InChI=1S/C13H12N8O5S2/c14-13-17-5(3-28-13)6(19-26)9(22)18-7-10(23)21-8(12(24)25)4(1-16-20-15)2-27-11(7)21/h3,7,11,26H,1-2H2,(H2,14,17)(H,18,22)(H,24,25)/t7?,11-/m1/s1. The minimum Gasteiger partial charge on any atom is -0.477 e. The van der Waals surface area contributed by atoms with Crippen molar-refractivity contribution < 1.29 is 24.7 Å². The fourth-order valence-corrected chi connectivity index (χ4v) is 4.62. The summed E-state index contributed by atoms with van der Waals surface area (Å²) in [6.45, 7) is -0.175. The number of carbonyl (C=O) groups is 3. The topological polar surface area (TPSA) is 207 Å². The van der Waals surface area contributed by atoms with Gasteiger partial charge in [-0.25, -0.2) is 9.78 Å². The number of carboxylic acid groups (broad SMARTS) is 1. The lowest BCUT2D eigenvalue weighted by molar-refractivity contribution is -0.150. The van der Waals surface area contributed by atoms with Gasteiger partial charge in [-0.3, -0.25) is 14.5 Å². The summed E-state index contributed by atoms with van der Waals surface area (Å²) in [5.74, 6) is -2.61. The summed E-state index contributed by atoms with van der Waals surface area (Å²) >= 11 is 2.26. The number of aliphatic carboxylic acids is 1. The van der Waals surface area contributed by atoms with E-state index in [1.54, 1.807) is 0 Å². The minimum atomic E-state index is -1.33. The van der Waals surface area contributed by atoms with Crippen LogP contribution in [0.15, 0.2) is 26.9 Å². The highest BCUT2D eigenvalue weighted by molar-refractivity contribution is 8.00. The average Bonchev–Trinajstić information content (AvgIpc) is 3.09. The van der Waals surface area contributed by atoms with Crippen LogP contribution >= 0.6 is 23.1 Å². The van der Waals surface area contributed by atoms with E-state index in [0.29, 0.717) is 5.57 Å². The van der Waals surface area contributed by atoms with Crippen LogP contribution in [0, 0.1) is 0 Å². The highest BCUT2D eigenvalue weighted by Gasteiger charge is 2.54. The second-order valence-corrected chi connectivity index (χ2v) is 7.52. The molecule has 0 aromatic carbocycles. The molecular formula is C13H12N8O5S2. The first-order valence-electron chi connectivity index (χ1n) is 7.54. The molecular weight excluding hydrogens is 412 g/mol. The summed E-state index contributed by atoms with van der Waals surface area (Å²) < 4.78 is 0. The van der Waals surface area contributed by atoms with Crippen LogP contribution in [0.2, 0.25) is 0 Å². The molecule has 1 aromatic heterocycles. The van der Waals surface area contributed by atoms with Gasteiger partial charge in [0.15, 0.2) is 10.8 Å². The number of β-lactam (4-membered cyclic amide) rings is 1. The Hall–Kier alpha value is -3.29. The number of carbonyl (C=O) groups excluding carboxylic acids is 2. The summed E-state index contributed by atoms with van der Waals surface area (Å²) in [6.07, 6.45) is 0. The number of aromatic nitrogens is 1. The number of anilines is 1. The van der Waals surface area contributed by atoms with Crippen molar-refractivity contribution in [2.45, 2.75) is 11.4 Å². The van der Waals surface area contributed by atoms with Gasteiger partial charge in [-0.1, -0.05) is 10.3 Å². The van der Waals surface area contributed by atoms with E-state index in [0.717, 1.165) is 16.2 Å². The van der Waals surface area contributed by atoms with E-state index in [2.05, 4.69) is 25.5 Å². The highest BCUT2D eigenvalue weighted by atomic mass is 32.2. The summed E-state index contributed by atoms with van der Waals surface area (Å²) in [5.41, 5.74) is 13.6. The van der Waals surface area contributed by atoms with Crippen molar-refractivity contribution >= 4 is 51.7 Å². The number of hydrogen-bond donors (Lipinski definition) is 4. The van der Waals surface area contributed by atoms with Crippen molar-refractivity contribution in [2.75, 3.05) is 18.0 Å². The normalized spacial score (nSPS) is 21.5. The first kappa shape index (κ1) is 19.5. The minimum absolute atomic E-state index is 0.0465. The number of oxime groups is 1. The van der Waals surface area contributed by atoms with E-state index < -0.39 is 34.9 Å². The van der Waals surface area contributed by atoms with Crippen molar-refractivity contribution in [1.29, 1.82) is 0 Å². The van der Waals surface area contributed by atoms with Crippen molar-refractivity contribution in [3.63, 3.8) is 0 Å². The Morgan fingerprint density at radius 2 is 2.29 bits per heavy atom. The van der Waals surface area contributed by atoms with Gasteiger partial charge in [0.2, 0.25) is 0 Å². The van der Waals surface area contributed by atoms with Crippen LogP contribution in [-0.4, -0.2) is 67.4 Å². The van der Waals surface area contributed by atoms with Crippen molar-refractivity contribution in [3.8, 4) is 0 Å². The van der Waals surface area contributed by atoms with Crippen LogP contribution < -0.4 is 11.1 Å². The molecule has 0 radical (unpaired) electrons. The number of nitrogens with zero attached hydrogens (tertiary/aromatic N) is 6. The molecule has 3 heterocycles. The van der Waals surface area contributed by atoms with Gasteiger partial charge in [0.1, 0.15) is 22.8 Å². The SMILES string of the molecule is [N-]=[N+]=NCC1=C(C(=O)O)N2C(=O)C(NC(=O)C(=NO)c3csc(N)n3)[C@H]2SC1. The highest BCUT2D eigenvalue weighted by Crippen LogP contribution is 2.40. The Balaban J connectivity index is 1.78. The number of fused-ring (bicyclic) bond motifs is 1. The molecule has 2 amide bonds. The largest absolute Gasteiger partial charge is 0.477 e.